The molecule has 0 saturated carbocycles. The van der Waals surface area contributed by atoms with Crippen molar-refractivity contribution >= 4 is 11.6 Å². The molecule has 0 unspecified atom stereocenters. The van der Waals surface area contributed by atoms with E-state index in [4.69, 9.17) is 16.3 Å². The first-order valence-electron chi connectivity index (χ1n) is 4.39. The SMILES string of the molecule is Fc1ccc(F)c(Oc2ccc(Cl)cn2)c1. The van der Waals surface area contributed by atoms with Crippen molar-refractivity contribution in [2.45, 2.75) is 0 Å². The molecular weight excluding hydrogens is 236 g/mol. The molecule has 82 valence electrons. The molecule has 0 atom stereocenters. The summed E-state index contributed by atoms with van der Waals surface area (Å²) in [6.07, 6.45) is 1.36. The van der Waals surface area contributed by atoms with E-state index in [9.17, 15) is 8.78 Å². The minimum atomic E-state index is -0.654. The maximum absolute atomic E-state index is 13.2. The number of nitrogens with zero attached hydrogens (tertiary/aromatic N) is 1. The van der Waals surface area contributed by atoms with E-state index in [0.29, 0.717) is 5.02 Å². The normalized spacial score (nSPS) is 10.2. The van der Waals surface area contributed by atoms with Crippen LogP contribution in [0.2, 0.25) is 5.02 Å². The molecule has 0 aliphatic carbocycles. The van der Waals surface area contributed by atoms with E-state index >= 15 is 0 Å². The summed E-state index contributed by atoms with van der Waals surface area (Å²) in [6.45, 7) is 0. The lowest BCUT2D eigenvalue weighted by atomic mass is 10.3. The highest BCUT2D eigenvalue weighted by Gasteiger charge is 2.06. The second-order valence-electron chi connectivity index (χ2n) is 2.99. The first-order chi connectivity index (χ1) is 7.65. The molecule has 2 rings (SSSR count). The number of ether oxygens (including phenoxy) is 1. The summed E-state index contributed by atoms with van der Waals surface area (Å²) in [7, 11) is 0. The first kappa shape index (κ1) is 10.8. The largest absolute Gasteiger partial charge is 0.436 e. The Hall–Kier alpha value is -1.68. The summed E-state index contributed by atoms with van der Waals surface area (Å²) in [5.41, 5.74) is 0. The molecule has 2 aromatic rings. The van der Waals surface area contributed by atoms with Gasteiger partial charge in [0.15, 0.2) is 11.6 Å². The number of rotatable bonds is 2. The molecular formula is C11H6ClF2NO. The van der Waals surface area contributed by atoms with E-state index in [2.05, 4.69) is 4.98 Å². The summed E-state index contributed by atoms with van der Waals surface area (Å²) in [4.78, 5) is 3.80. The van der Waals surface area contributed by atoms with E-state index in [1.54, 1.807) is 6.07 Å². The van der Waals surface area contributed by atoms with E-state index in [1.807, 2.05) is 0 Å². The number of halogens is 3. The van der Waals surface area contributed by atoms with Crippen molar-refractivity contribution in [1.29, 1.82) is 0 Å². The summed E-state index contributed by atoms with van der Waals surface area (Å²) >= 11 is 5.62. The third-order valence-corrected chi connectivity index (χ3v) is 2.03. The summed E-state index contributed by atoms with van der Waals surface area (Å²) in [5.74, 6) is -1.30. The Morgan fingerprint density at radius 1 is 1.12 bits per heavy atom. The van der Waals surface area contributed by atoms with Gasteiger partial charge in [-0.15, -0.1) is 0 Å². The van der Waals surface area contributed by atoms with Gasteiger partial charge >= 0.3 is 0 Å². The van der Waals surface area contributed by atoms with Crippen LogP contribution >= 0.6 is 11.6 Å². The van der Waals surface area contributed by atoms with Crippen molar-refractivity contribution in [3.8, 4) is 11.6 Å². The molecule has 0 saturated heterocycles. The van der Waals surface area contributed by atoms with Gasteiger partial charge in [-0.2, -0.15) is 0 Å². The van der Waals surface area contributed by atoms with Gasteiger partial charge in [0, 0.05) is 18.3 Å². The maximum atomic E-state index is 13.2. The average Bonchev–Trinajstić information content (AvgIpc) is 2.27. The highest BCUT2D eigenvalue weighted by molar-refractivity contribution is 6.30. The lowest BCUT2D eigenvalue weighted by Crippen LogP contribution is -1.91. The van der Waals surface area contributed by atoms with Crippen molar-refractivity contribution in [3.63, 3.8) is 0 Å². The predicted octanol–water partition coefficient (Wildman–Crippen LogP) is 3.81. The standard InChI is InChI=1S/C11H6ClF2NO/c12-7-1-4-11(15-6-7)16-10-5-8(13)2-3-9(10)14/h1-6H. The zero-order valence-corrected chi connectivity index (χ0v) is 8.71. The molecule has 1 aromatic heterocycles. The fraction of sp³-hybridized carbons (Fsp3) is 0. The van der Waals surface area contributed by atoms with Crippen LogP contribution in [0.1, 0.15) is 0 Å². The Kier molecular flexibility index (Phi) is 3.01. The Labute approximate surface area is 95.5 Å². The summed E-state index contributed by atoms with van der Waals surface area (Å²) in [6, 6.07) is 5.96. The zero-order valence-electron chi connectivity index (χ0n) is 7.95. The third kappa shape index (κ3) is 2.46. The zero-order chi connectivity index (χ0) is 11.5. The van der Waals surface area contributed by atoms with Crippen molar-refractivity contribution in [2.75, 3.05) is 0 Å². The second kappa shape index (κ2) is 4.45. The van der Waals surface area contributed by atoms with Crippen LogP contribution in [0.5, 0.6) is 11.6 Å². The van der Waals surface area contributed by atoms with E-state index in [0.717, 1.165) is 18.2 Å². The Morgan fingerprint density at radius 3 is 2.62 bits per heavy atom. The molecule has 1 heterocycles. The van der Waals surface area contributed by atoms with Gasteiger partial charge in [0.2, 0.25) is 5.88 Å². The Balaban J connectivity index is 2.26. The molecule has 0 aliphatic rings. The smallest absolute Gasteiger partial charge is 0.219 e. The third-order valence-electron chi connectivity index (χ3n) is 1.81. The van der Waals surface area contributed by atoms with Gasteiger partial charge in [-0.25, -0.2) is 13.8 Å². The van der Waals surface area contributed by atoms with Crippen LogP contribution in [0.15, 0.2) is 36.5 Å². The van der Waals surface area contributed by atoms with E-state index < -0.39 is 11.6 Å². The van der Waals surface area contributed by atoms with Crippen molar-refractivity contribution in [2.24, 2.45) is 0 Å². The fourth-order valence-electron chi connectivity index (χ4n) is 1.09. The van der Waals surface area contributed by atoms with Crippen LogP contribution in [-0.4, -0.2) is 4.98 Å². The Morgan fingerprint density at radius 2 is 1.94 bits per heavy atom. The van der Waals surface area contributed by atoms with Crippen LogP contribution in [0.25, 0.3) is 0 Å². The van der Waals surface area contributed by atoms with Gasteiger partial charge in [0.05, 0.1) is 5.02 Å². The Bertz CT molecular complexity index is 502. The predicted molar refractivity (Wildman–Crippen MR) is 55.7 cm³/mol. The molecule has 5 heteroatoms. The number of hydrogen-bond acceptors (Lipinski definition) is 2. The highest BCUT2D eigenvalue weighted by atomic mass is 35.5. The molecule has 0 fully saturated rings. The number of benzene rings is 1. The highest BCUT2D eigenvalue weighted by Crippen LogP contribution is 2.24. The van der Waals surface area contributed by atoms with Crippen LogP contribution < -0.4 is 4.74 Å². The van der Waals surface area contributed by atoms with Crippen LogP contribution in [0, 0.1) is 11.6 Å². The summed E-state index contributed by atoms with van der Waals surface area (Å²) in [5, 5.41) is 0.437. The second-order valence-corrected chi connectivity index (χ2v) is 3.43. The van der Waals surface area contributed by atoms with Crippen molar-refractivity contribution in [3.05, 3.63) is 53.2 Å². The van der Waals surface area contributed by atoms with Crippen LogP contribution in [0.3, 0.4) is 0 Å². The van der Waals surface area contributed by atoms with Gasteiger partial charge in [-0.05, 0) is 18.2 Å². The lowest BCUT2D eigenvalue weighted by molar-refractivity contribution is 0.422. The van der Waals surface area contributed by atoms with Gasteiger partial charge in [-0.3, -0.25) is 0 Å². The van der Waals surface area contributed by atoms with Crippen LogP contribution in [-0.2, 0) is 0 Å². The first-order valence-corrected chi connectivity index (χ1v) is 4.77. The lowest BCUT2D eigenvalue weighted by Gasteiger charge is -2.05. The minimum absolute atomic E-state index is 0.147. The molecule has 0 N–H and O–H groups in total. The van der Waals surface area contributed by atoms with Gasteiger partial charge in [0.1, 0.15) is 5.82 Å². The fourth-order valence-corrected chi connectivity index (χ4v) is 1.20. The summed E-state index contributed by atoms with van der Waals surface area (Å²) < 4.78 is 31.1. The van der Waals surface area contributed by atoms with Gasteiger partial charge < -0.3 is 4.74 Å². The van der Waals surface area contributed by atoms with E-state index in [-0.39, 0.29) is 11.6 Å². The number of hydrogen-bond donors (Lipinski definition) is 0. The minimum Gasteiger partial charge on any atom is -0.436 e. The molecule has 1 aromatic carbocycles. The molecule has 0 spiro atoms. The molecule has 0 bridgehead atoms. The van der Waals surface area contributed by atoms with Gasteiger partial charge in [-0.1, -0.05) is 11.6 Å². The topological polar surface area (TPSA) is 22.1 Å². The van der Waals surface area contributed by atoms with Crippen LogP contribution in [0.4, 0.5) is 8.78 Å². The van der Waals surface area contributed by atoms with Gasteiger partial charge in [0.25, 0.3) is 0 Å². The number of aromatic nitrogens is 1. The molecule has 0 aliphatic heterocycles. The van der Waals surface area contributed by atoms with Crippen molar-refractivity contribution in [1.82, 2.24) is 4.98 Å². The molecule has 2 nitrogen and oxygen atoms in total. The quantitative estimate of drug-likeness (QED) is 0.798. The number of pyridine rings is 1. The molecule has 16 heavy (non-hydrogen) atoms. The van der Waals surface area contributed by atoms with Crippen molar-refractivity contribution < 1.29 is 13.5 Å². The maximum Gasteiger partial charge on any atom is 0.219 e. The average molecular weight is 242 g/mol. The molecule has 0 radical (unpaired) electrons. The molecule has 0 amide bonds. The van der Waals surface area contributed by atoms with E-state index in [1.165, 1.54) is 12.3 Å². The monoisotopic (exact) mass is 241 g/mol.